The standard InChI is InChI=1S/C31H38Cl2N2O3S/c1-3-17-31(4-2)19-27(23-7-5-8-25(33)18-23)29(22-13-15-24(32)16-14-22)35(30(31)36)28(21-11-12-21)20-34-39(37,38)26-9-6-10-26/h3,5,7-8,13-16,18,21,26-29,34H,1,4,6,9-12,17,19-20H2,2H3/t27-,28-,29?,31+/m1/s1. The van der Waals surface area contributed by atoms with Gasteiger partial charge in [-0.05, 0) is 86.3 Å². The number of nitrogens with zero attached hydrogens (tertiary/aromatic N) is 1. The highest BCUT2D eigenvalue weighted by Gasteiger charge is 2.54. The van der Waals surface area contributed by atoms with Crippen molar-refractivity contribution in [3.8, 4) is 0 Å². The second-order valence-corrected chi connectivity index (χ2v) is 14.5. The number of nitrogens with one attached hydrogen (secondary N) is 1. The van der Waals surface area contributed by atoms with Gasteiger partial charge in [0.25, 0.3) is 0 Å². The van der Waals surface area contributed by atoms with Crippen LogP contribution in [0.15, 0.2) is 61.2 Å². The second-order valence-electron chi connectivity index (χ2n) is 11.6. The molecule has 1 N–H and O–H groups in total. The van der Waals surface area contributed by atoms with Crippen molar-refractivity contribution in [1.82, 2.24) is 9.62 Å². The van der Waals surface area contributed by atoms with Crippen LogP contribution < -0.4 is 4.72 Å². The summed E-state index contributed by atoms with van der Waals surface area (Å²) in [5.41, 5.74) is 1.44. The molecule has 8 heteroatoms. The van der Waals surface area contributed by atoms with Crippen LogP contribution in [0.5, 0.6) is 0 Å². The highest BCUT2D eigenvalue weighted by atomic mass is 35.5. The van der Waals surface area contributed by atoms with Crippen molar-refractivity contribution >= 4 is 39.1 Å². The van der Waals surface area contributed by atoms with Crippen molar-refractivity contribution in [2.75, 3.05) is 6.54 Å². The van der Waals surface area contributed by atoms with Crippen molar-refractivity contribution < 1.29 is 13.2 Å². The summed E-state index contributed by atoms with van der Waals surface area (Å²) in [4.78, 5) is 16.8. The summed E-state index contributed by atoms with van der Waals surface area (Å²) in [6, 6.07) is 15.1. The van der Waals surface area contributed by atoms with Gasteiger partial charge in [0.15, 0.2) is 0 Å². The third-order valence-electron chi connectivity index (χ3n) is 9.19. The Morgan fingerprint density at radius 2 is 1.79 bits per heavy atom. The van der Waals surface area contributed by atoms with Crippen LogP contribution in [0.1, 0.15) is 81.4 Å². The Bertz CT molecular complexity index is 1310. The van der Waals surface area contributed by atoms with Gasteiger partial charge in [-0.15, -0.1) is 6.58 Å². The number of hydrogen-bond donors (Lipinski definition) is 1. The molecule has 2 aromatic carbocycles. The number of benzene rings is 2. The summed E-state index contributed by atoms with van der Waals surface area (Å²) in [6.45, 7) is 6.31. The van der Waals surface area contributed by atoms with Gasteiger partial charge < -0.3 is 4.90 Å². The largest absolute Gasteiger partial charge is 0.330 e. The van der Waals surface area contributed by atoms with Crippen molar-refractivity contribution in [1.29, 1.82) is 0 Å². The number of sulfonamides is 1. The van der Waals surface area contributed by atoms with E-state index in [1.807, 2.05) is 53.4 Å². The zero-order valence-corrected chi connectivity index (χ0v) is 24.8. The molecule has 0 aromatic heterocycles. The van der Waals surface area contributed by atoms with E-state index in [2.05, 4.69) is 24.3 Å². The van der Waals surface area contributed by atoms with E-state index in [9.17, 15) is 13.2 Å². The highest BCUT2D eigenvalue weighted by Crippen LogP contribution is 2.55. The van der Waals surface area contributed by atoms with Crippen LogP contribution in [0.2, 0.25) is 10.0 Å². The fraction of sp³-hybridized carbons (Fsp3) is 0.516. The monoisotopic (exact) mass is 588 g/mol. The molecule has 210 valence electrons. The van der Waals surface area contributed by atoms with E-state index < -0.39 is 15.4 Å². The first-order valence-corrected chi connectivity index (χ1v) is 16.4. The first-order valence-electron chi connectivity index (χ1n) is 14.1. The lowest BCUT2D eigenvalue weighted by atomic mass is 9.65. The lowest BCUT2D eigenvalue weighted by molar-refractivity contribution is -0.156. The van der Waals surface area contributed by atoms with Crippen LogP contribution in [0, 0.1) is 11.3 Å². The molecule has 4 atom stereocenters. The van der Waals surface area contributed by atoms with Gasteiger partial charge in [-0.1, -0.05) is 66.9 Å². The molecule has 1 aliphatic heterocycles. The first-order chi connectivity index (χ1) is 18.7. The number of amides is 1. The maximum atomic E-state index is 14.7. The Hall–Kier alpha value is -1.86. The van der Waals surface area contributed by atoms with Crippen LogP contribution in [0.4, 0.5) is 0 Å². The molecule has 2 aromatic rings. The Balaban J connectivity index is 1.63. The minimum absolute atomic E-state index is 0.0352. The summed E-state index contributed by atoms with van der Waals surface area (Å²) >= 11 is 12.8. The van der Waals surface area contributed by atoms with Crippen molar-refractivity contribution in [2.24, 2.45) is 11.3 Å². The van der Waals surface area contributed by atoms with Crippen molar-refractivity contribution in [2.45, 2.75) is 81.5 Å². The fourth-order valence-corrected chi connectivity index (χ4v) is 8.44. The molecular weight excluding hydrogens is 551 g/mol. The number of likely N-dealkylation sites (tertiary alicyclic amines) is 1. The lowest BCUT2D eigenvalue weighted by Gasteiger charge is -2.53. The van der Waals surface area contributed by atoms with E-state index in [1.54, 1.807) is 0 Å². The molecule has 5 nitrogen and oxygen atoms in total. The molecule has 2 aliphatic carbocycles. The van der Waals surface area contributed by atoms with Gasteiger partial charge >= 0.3 is 0 Å². The molecule has 1 saturated heterocycles. The SMILES string of the molecule is C=CC[C@@]1(CC)C[C@H](c2cccc(Cl)c2)C(c2ccc(Cl)cc2)N([C@H](CNS(=O)(=O)C2CCC2)C2CC2)C1=O. The van der Waals surface area contributed by atoms with Gasteiger partial charge in [-0.3, -0.25) is 4.79 Å². The van der Waals surface area contributed by atoms with Gasteiger partial charge in [0, 0.05) is 28.5 Å². The van der Waals surface area contributed by atoms with Crippen LogP contribution in [0.25, 0.3) is 0 Å². The number of carbonyl (C=O) groups is 1. The minimum Gasteiger partial charge on any atom is -0.330 e. The molecule has 1 amide bonds. The van der Waals surface area contributed by atoms with Gasteiger partial charge in [-0.25, -0.2) is 13.1 Å². The predicted octanol–water partition coefficient (Wildman–Crippen LogP) is 7.27. The Labute approximate surface area is 243 Å². The van der Waals surface area contributed by atoms with E-state index >= 15 is 0 Å². The quantitative estimate of drug-likeness (QED) is 0.280. The highest BCUT2D eigenvalue weighted by molar-refractivity contribution is 7.90. The van der Waals surface area contributed by atoms with Crippen LogP contribution >= 0.6 is 23.2 Å². The number of piperidine rings is 1. The van der Waals surface area contributed by atoms with Crippen LogP contribution in [-0.2, 0) is 14.8 Å². The minimum atomic E-state index is -3.42. The lowest BCUT2D eigenvalue weighted by Crippen LogP contribution is -2.59. The molecule has 2 saturated carbocycles. The number of halogens is 2. The Kier molecular flexibility index (Phi) is 8.49. The zero-order valence-electron chi connectivity index (χ0n) is 22.5. The van der Waals surface area contributed by atoms with Crippen LogP contribution in [0.3, 0.4) is 0 Å². The summed E-state index contributed by atoms with van der Waals surface area (Å²) in [7, 11) is -3.42. The van der Waals surface area contributed by atoms with E-state index in [4.69, 9.17) is 23.2 Å². The summed E-state index contributed by atoms with van der Waals surface area (Å²) in [6.07, 6.45) is 8.06. The third-order valence-corrected chi connectivity index (χ3v) is 11.6. The molecule has 1 heterocycles. The molecule has 39 heavy (non-hydrogen) atoms. The van der Waals surface area contributed by atoms with E-state index in [0.717, 1.165) is 30.4 Å². The van der Waals surface area contributed by atoms with Gasteiger partial charge in [-0.2, -0.15) is 0 Å². The zero-order chi connectivity index (χ0) is 27.8. The molecule has 0 bridgehead atoms. The molecular formula is C31H38Cl2N2O3S. The van der Waals surface area contributed by atoms with Crippen molar-refractivity contribution in [3.63, 3.8) is 0 Å². The third kappa shape index (κ3) is 5.81. The average Bonchev–Trinajstić information content (AvgIpc) is 3.71. The van der Waals surface area contributed by atoms with Crippen molar-refractivity contribution in [3.05, 3.63) is 82.4 Å². The van der Waals surface area contributed by atoms with Gasteiger partial charge in [0.05, 0.1) is 16.7 Å². The van der Waals surface area contributed by atoms with Gasteiger partial charge in [0.2, 0.25) is 15.9 Å². The maximum Gasteiger partial charge on any atom is 0.229 e. The molecule has 0 radical (unpaired) electrons. The summed E-state index contributed by atoms with van der Waals surface area (Å²) in [5.74, 6) is 0.305. The normalized spacial score (nSPS) is 26.7. The smallest absolute Gasteiger partial charge is 0.229 e. The topological polar surface area (TPSA) is 66.5 Å². The molecule has 5 rings (SSSR count). The number of rotatable bonds is 11. The summed E-state index contributed by atoms with van der Waals surface area (Å²) in [5, 5.41) is 0.966. The maximum absolute atomic E-state index is 14.7. The Morgan fingerprint density at radius 1 is 1.08 bits per heavy atom. The second kappa shape index (κ2) is 11.6. The molecule has 3 aliphatic rings. The number of hydrogen-bond acceptors (Lipinski definition) is 3. The van der Waals surface area contributed by atoms with E-state index in [0.29, 0.717) is 42.1 Å². The van der Waals surface area contributed by atoms with E-state index in [1.165, 1.54) is 0 Å². The molecule has 0 spiro atoms. The number of allylic oxidation sites excluding steroid dienone is 1. The van der Waals surface area contributed by atoms with Gasteiger partial charge in [0.1, 0.15) is 0 Å². The summed E-state index contributed by atoms with van der Waals surface area (Å²) < 4.78 is 29.1. The first kappa shape index (κ1) is 28.7. The molecule has 1 unspecified atom stereocenters. The Morgan fingerprint density at radius 3 is 2.36 bits per heavy atom. The predicted molar refractivity (Wildman–Crippen MR) is 158 cm³/mol. The molecule has 3 fully saturated rings. The average molecular weight is 590 g/mol. The van der Waals surface area contributed by atoms with E-state index in [-0.39, 0.29) is 41.6 Å². The number of carbonyl (C=O) groups excluding carboxylic acids is 1. The fourth-order valence-electron chi connectivity index (χ4n) is 6.52. The van der Waals surface area contributed by atoms with Crippen LogP contribution in [-0.4, -0.2) is 37.1 Å².